The molecule has 0 amide bonds. The number of rotatable bonds is 2. The van der Waals surface area contributed by atoms with Gasteiger partial charge in [-0.15, -0.1) is 0 Å². The summed E-state index contributed by atoms with van der Waals surface area (Å²) in [5, 5.41) is 8.22. The maximum absolute atomic E-state index is 10.6. The number of hydrogen-bond donors (Lipinski definition) is 1. The molecule has 58 valence electrons. The SMILES string of the molecule is O=C(O)C(=O)c1cc(Br)co1. The van der Waals surface area contributed by atoms with Gasteiger partial charge in [0.1, 0.15) is 6.26 Å². The first-order chi connectivity index (χ1) is 5.11. The molecular formula is C6H3BrO4. The molecule has 0 unspecified atom stereocenters. The molecule has 0 aliphatic heterocycles. The Kier molecular flexibility index (Phi) is 2.09. The molecule has 4 nitrogen and oxygen atoms in total. The van der Waals surface area contributed by atoms with Crippen LogP contribution >= 0.6 is 15.9 Å². The molecule has 0 saturated carbocycles. The molecule has 0 bridgehead atoms. The Morgan fingerprint density at radius 1 is 1.55 bits per heavy atom. The van der Waals surface area contributed by atoms with E-state index in [9.17, 15) is 9.59 Å². The number of carboxylic acids is 1. The van der Waals surface area contributed by atoms with E-state index in [2.05, 4.69) is 20.3 Å². The first kappa shape index (κ1) is 8.00. The van der Waals surface area contributed by atoms with Crippen LogP contribution in [0.4, 0.5) is 0 Å². The molecule has 1 N–H and O–H groups in total. The van der Waals surface area contributed by atoms with Crippen LogP contribution in [0.2, 0.25) is 0 Å². The number of carbonyl (C=O) groups is 2. The van der Waals surface area contributed by atoms with Crippen molar-refractivity contribution in [1.82, 2.24) is 0 Å². The van der Waals surface area contributed by atoms with E-state index in [0.717, 1.165) is 0 Å². The zero-order chi connectivity index (χ0) is 8.43. The van der Waals surface area contributed by atoms with Gasteiger partial charge < -0.3 is 9.52 Å². The maximum atomic E-state index is 10.6. The Hall–Kier alpha value is -1.10. The van der Waals surface area contributed by atoms with Gasteiger partial charge in [-0.1, -0.05) is 0 Å². The smallest absolute Gasteiger partial charge is 0.380 e. The van der Waals surface area contributed by atoms with E-state index in [4.69, 9.17) is 5.11 Å². The molecule has 0 aliphatic carbocycles. The summed E-state index contributed by atoms with van der Waals surface area (Å²) in [6.45, 7) is 0. The Morgan fingerprint density at radius 2 is 2.18 bits per heavy atom. The molecule has 0 fully saturated rings. The van der Waals surface area contributed by atoms with E-state index in [-0.39, 0.29) is 5.76 Å². The van der Waals surface area contributed by atoms with Gasteiger partial charge in [0.25, 0.3) is 0 Å². The second kappa shape index (κ2) is 2.87. The average molecular weight is 219 g/mol. The van der Waals surface area contributed by atoms with E-state index in [1.54, 1.807) is 0 Å². The van der Waals surface area contributed by atoms with Crippen LogP contribution in [0.3, 0.4) is 0 Å². The Morgan fingerprint density at radius 3 is 2.55 bits per heavy atom. The largest absolute Gasteiger partial charge is 0.475 e. The molecule has 1 aromatic rings. The normalized spacial score (nSPS) is 9.55. The third-order valence-corrected chi connectivity index (χ3v) is 1.40. The number of furan rings is 1. The number of ketones is 1. The minimum Gasteiger partial charge on any atom is -0.475 e. The Labute approximate surface area is 69.9 Å². The van der Waals surface area contributed by atoms with Crippen molar-refractivity contribution in [2.45, 2.75) is 0 Å². The lowest BCUT2D eigenvalue weighted by atomic mass is 10.3. The van der Waals surface area contributed by atoms with Crippen molar-refractivity contribution < 1.29 is 19.1 Å². The molecule has 11 heavy (non-hydrogen) atoms. The Balaban J connectivity index is 2.94. The van der Waals surface area contributed by atoms with Gasteiger partial charge in [-0.05, 0) is 15.9 Å². The van der Waals surface area contributed by atoms with E-state index in [0.29, 0.717) is 4.47 Å². The summed E-state index contributed by atoms with van der Waals surface area (Å²) in [6, 6.07) is 1.30. The fraction of sp³-hybridized carbons (Fsp3) is 0. The highest BCUT2D eigenvalue weighted by molar-refractivity contribution is 9.10. The minimum absolute atomic E-state index is 0.177. The van der Waals surface area contributed by atoms with E-state index < -0.39 is 11.8 Å². The molecule has 5 heteroatoms. The fourth-order valence-electron chi connectivity index (χ4n) is 0.538. The summed E-state index contributed by atoms with van der Waals surface area (Å²) < 4.78 is 5.15. The van der Waals surface area contributed by atoms with Crippen molar-refractivity contribution in [2.75, 3.05) is 0 Å². The lowest BCUT2D eigenvalue weighted by Crippen LogP contribution is -2.11. The molecule has 1 heterocycles. The van der Waals surface area contributed by atoms with Crippen LogP contribution in [0.25, 0.3) is 0 Å². The molecule has 0 aromatic carbocycles. The topological polar surface area (TPSA) is 67.5 Å². The van der Waals surface area contributed by atoms with Crippen LogP contribution < -0.4 is 0 Å². The first-order valence-corrected chi connectivity index (χ1v) is 3.42. The highest BCUT2D eigenvalue weighted by Gasteiger charge is 2.17. The van der Waals surface area contributed by atoms with Crippen molar-refractivity contribution in [3.8, 4) is 0 Å². The number of carboxylic acid groups (broad SMARTS) is 1. The van der Waals surface area contributed by atoms with Gasteiger partial charge in [-0.2, -0.15) is 0 Å². The molecule has 0 aliphatic rings. The van der Waals surface area contributed by atoms with Gasteiger partial charge in [-0.25, -0.2) is 4.79 Å². The van der Waals surface area contributed by atoms with Crippen LogP contribution in [0.1, 0.15) is 10.6 Å². The van der Waals surface area contributed by atoms with Crippen molar-refractivity contribution in [3.63, 3.8) is 0 Å². The maximum Gasteiger partial charge on any atom is 0.380 e. The molecular weight excluding hydrogens is 216 g/mol. The van der Waals surface area contributed by atoms with Gasteiger partial charge in [0.15, 0.2) is 5.76 Å². The zero-order valence-corrected chi connectivity index (χ0v) is 6.79. The van der Waals surface area contributed by atoms with Crippen molar-refractivity contribution >= 4 is 27.7 Å². The highest BCUT2D eigenvalue weighted by Crippen LogP contribution is 2.14. The number of aliphatic carboxylic acids is 1. The molecule has 1 aromatic heterocycles. The predicted molar refractivity (Wildman–Crippen MR) is 38.4 cm³/mol. The van der Waals surface area contributed by atoms with E-state index >= 15 is 0 Å². The van der Waals surface area contributed by atoms with Crippen LogP contribution in [0, 0.1) is 0 Å². The van der Waals surface area contributed by atoms with E-state index in [1.807, 2.05) is 0 Å². The van der Waals surface area contributed by atoms with Crippen LogP contribution in [-0.4, -0.2) is 16.9 Å². The summed E-state index contributed by atoms with van der Waals surface area (Å²) in [5.74, 6) is -2.74. The lowest BCUT2D eigenvalue weighted by Gasteiger charge is -1.84. The molecule has 1 rings (SSSR count). The molecule has 0 spiro atoms. The van der Waals surface area contributed by atoms with Crippen molar-refractivity contribution in [2.24, 2.45) is 0 Å². The third kappa shape index (κ3) is 1.68. The standard InChI is InChI=1S/C6H3BrO4/c7-3-1-4(11-2-3)5(8)6(9)10/h1-2H,(H,9,10). The summed E-state index contributed by atoms with van der Waals surface area (Å²) in [7, 11) is 0. The predicted octanol–water partition coefficient (Wildman–Crippen LogP) is 1.31. The zero-order valence-electron chi connectivity index (χ0n) is 5.20. The fourth-order valence-corrected chi connectivity index (χ4v) is 0.839. The summed E-state index contributed by atoms with van der Waals surface area (Å²) >= 11 is 3.01. The lowest BCUT2D eigenvalue weighted by molar-refractivity contribution is -0.131. The molecule has 0 radical (unpaired) electrons. The summed E-state index contributed by atoms with van der Waals surface area (Å²) in [6.07, 6.45) is 1.25. The number of halogens is 1. The number of carbonyl (C=O) groups excluding carboxylic acids is 1. The summed E-state index contributed by atoms with van der Waals surface area (Å²) in [4.78, 5) is 20.7. The number of Topliss-reactive ketones (excluding diaryl/α,β-unsaturated/α-hetero) is 1. The van der Waals surface area contributed by atoms with Crippen LogP contribution in [0.15, 0.2) is 21.2 Å². The van der Waals surface area contributed by atoms with E-state index in [1.165, 1.54) is 12.3 Å². The van der Waals surface area contributed by atoms with Gasteiger partial charge in [0, 0.05) is 6.07 Å². The van der Waals surface area contributed by atoms with Gasteiger partial charge in [-0.3, -0.25) is 4.79 Å². The monoisotopic (exact) mass is 218 g/mol. The van der Waals surface area contributed by atoms with Gasteiger partial charge >= 0.3 is 11.8 Å². The quantitative estimate of drug-likeness (QED) is 0.601. The average Bonchev–Trinajstić information content (AvgIpc) is 2.34. The second-order valence-corrected chi connectivity index (χ2v) is 2.68. The molecule has 0 saturated heterocycles. The summed E-state index contributed by atoms with van der Waals surface area (Å²) in [5.41, 5.74) is 0. The first-order valence-electron chi connectivity index (χ1n) is 2.63. The van der Waals surface area contributed by atoms with Crippen LogP contribution in [-0.2, 0) is 4.79 Å². The highest BCUT2D eigenvalue weighted by atomic mass is 79.9. The second-order valence-electron chi connectivity index (χ2n) is 1.76. The van der Waals surface area contributed by atoms with Crippen molar-refractivity contribution in [3.05, 3.63) is 22.6 Å². The molecule has 0 atom stereocenters. The van der Waals surface area contributed by atoms with Gasteiger partial charge in [0.2, 0.25) is 0 Å². The number of hydrogen-bond acceptors (Lipinski definition) is 3. The van der Waals surface area contributed by atoms with Gasteiger partial charge in [0.05, 0.1) is 4.47 Å². The van der Waals surface area contributed by atoms with Crippen molar-refractivity contribution in [1.29, 1.82) is 0 Å². The third-order valence-electron chi connectivity index (χ3n) is 0.985. The Bertz CT molecular complexity index is 301. The van der Waals surface area contributed by atoms with Crippen LogP contribution in [0.5, 0.6) is 0 Å². The minimum atomic E-state index is -1.52.